The predicted molar refractivity (Wildman–Crippen MR) is 40.3 cm³/mol. The molecule has 3 nitrogen and oxygen atoms in total. The number of nitrogen functional groups attached to an aromatic ring is 1. The van der Waals surface area contributed by atoms with Crippen molar-refractivity contribution in [3.63, 3.8) is 0 Å². The van der Waals surface area contributed by atoms with Crippen LogP contribution < -0.4 is 5.73 Å². The summed E-state index contributed by atoms with van der Waals surface area (Å²) in [7, 11) is 0. The highest BCUT2D eigenvalue weighted by molar-refractivity contribution is 6.33. The Kier molecular flexibility index (Phi) is 2.32. The molecule has 0 unspecified atom stereocenters. The highest BCUT2D eigenvalue weighted by atomic mass is 35.5. The molecule has 0 amide bonds. The van der Waals surface area contributed by atoms with Crippen LogP contribution >= 0.6 is 11.6 Å². The molecular formula is C6H5ClF2N2O. The standard InChI is InChI=1S/C6H5ClF2N2O/c7-2-1-11-4(6(8)9)5(12)3(2)10/h1,6,12H,(H2,10,11). The SMILES string of the molecule is Nc1c(Cl)cnc(C(F)F)c1O. The summed E-state index contributed by atoms with van der Waals surface area (Å²) in [6, 6.07) is 0. The smallest absolute Gasteiger partial charge is 0.284 e. The van der Waals surface area contributed by atoms with Crippen molar-refractivity contribution in [2.24, 2.45) is 0 Å². The molecule has 6 heteroatoms. The van der Waals surface area contributed by atoms with E-state index in [1.54, 1.807) is 0 Å². The largest absolute Gasteiger partial charge is 0.504 e. The highest BCUT2D eigenvalue weighted by Crippen LogP contribution is 2.34. The lowest BCUT2D eigenvalue weighted by atomic mass is 10.3. The first-order chi connectivity index (χ1) is 5.54. The fraction of sp³-hybridized carbons (Fsp3) is 0.167. The minimum absolute atomic E-state index is 0.0445. The first-order valence-electron chi connectivity index (χ1n) is 2.95. The molecule has 0 saturated heterocycles. The van der Waals surface area contributed by atoms with Gasteiger partial charge in [0.2, 0.25) is 0 Å². The van der Waals surface area contributed by atoms with Crippen LogP contribution in [0.25, 0.3) is 0 Å². The average Bonchev–Trinajstić information content (AvgIpc) is 2.00. The Balaban J connectivity index is 3.27. The quantitative estimate of drug-likeness (QED) is 0.719. The topological polar surface area (TPSA) is 59.1 Å². The lowest BCUT2D eigenvalue weighted by molar-refractivity contribution is 0.142. The molecule has 1 rings (SSSR count). The summed E-state index contributed by atoms with van der Waals surface area (Å²) in [6.07, 6.45) is -1.89. The molecule has 0 aliphatic carbocycles. The van der Waals surface area contributed by atoms with E-state index in [1.165, 1.54) is 0 Å². The zero-order valence-corrected chi connectivity index (χ0v) is 6.52. The number of hydrogen-bond acceptors (Lipinski definition) is 3. The van der Waals surface area contributed by atoms with Crippen LogP contribution in [0.5, 0.6) is 5.75 Å². The second kappa shape index (κ2) is 3.10. The minimum atomic E-state index is -2.86. The van der Waals surface area contributed by atoms with Gasteiger partial charge in [-0.05, 0) is 0 Å². The van der Waals surface area contributed by atoms with Gasteiger partial charge in [-0.3, -0.25) is 0 Å². The number of nitrogens with two attached hydrogens (primary N) is 1. The van der Waals surface area contributed by atoms with E-state index in [1.807, 2.05) is 0 Å². The molecule has 3 N–H and O–H groups in total. The summed E-state index contributed by atoms with van der Waals surface area (Å²) in [4.78, 5) is 3.23. The van der Waals surface area contributed by atoms with Crippen molar-refractivity contribution in [3.05, 3.63) is 16.9 Å². The lowest BCUT2D eigenvalue weighted by Gasteiger charge is -2.05. The number of nitrogens with zero attached hydrogens (tertiary/aromatic N) is 1. The fourth-order valence-corrected chi connectivity index (χ4v) is 0.806. The van der Waals surface area contributed by atoms with Crippen molar-refractivity contribution in [1.29, 1.82) is 0 Å². The Morgan fingerprint density at radius 1 is 1.58 bits per heavy atom. The van der Waals surface area contributed by atoms with Crippen molar-refractivity contribution < 1.29 is 13.9 Å². The summed E-state index contributed by atoms with van der Waals surface area (Å²) >= 11 is 5.40. The molecule has 0 atom stereocenters. The van der Waals surface area contributed by atoms with Gasteiger partial charge in [-0.2, -0.15) is 0 Å². The lowest BCUT2D eigenvalue weighted by Crippen LogP contribution is -1.96. The number of halogens is 3. The van der Waals surface area contributed by atoms with Gasteiger partial charge in [0.25, 0.3) is 6.43 Å². The molecule has 0 fully saturated rings. The summed E-state index contributed by atoms with van der Waals surface area (Å²) in [5.41, 5.74) is 4.14. The third-order valence-electron chi connectivity index (χ3n) is 1.28. The summed E-state index contributed by atoms with van der Waals surface area (Å²) in [5.74, 6) is -0.752. The Labute approximate surface area is 71.8 Å². The van der Waals surface area contributed by atoms with E-state index in [9.17, 15) is 8.78 Å². The maximum atomic E-state index is 12.0. The van der Waals surface area contributed by atoms with Crippen LogP contribution in [-0.2, 0) is 0 Å². The third kappa shape index (κ3) is 1.40. The van der Waals surface area contributed by atoms with E-state index in [2.05, 4.69) is 4.98 Å². The average molecular weight is 195 g/mol. The Morgan fingerprint density at radius 2 is 2.17 bits per heavy atom. The number of rotatable bonds is 1. The number of pyridine rings is 1. The van der Waals surface area contributed by atoms with E-state index in [0.29, 0.717) is 0 Å². The van der Waals surface area contributed by atoms with Crippen LogP contribution in [0, 0.1) is 0 Å². The van der Waals surface area contributed by atoms with Crippen molar-refractivity contribution in [2.75, 3.05) is 5.73 Å². The number of aromatic nitrogens is 1. The molecule has 0 bridgehead atoms. The van der Waals surface area contributed by atoms with E-state index in [0.717, 1.165) is 6.20 Å². The molecule has 1 aromatic heterocycles. The van der Waals surface area contributed by atoms with Crippen LogP contribution in [0.3, 0.4) is 0 Å². The molecule has 0 radical (unpaired) electrons. The number of aromatic hydroxyl groups is 1. The molecule has 0 aromatic carbocycles. The molecule has 66 valence electrons. The second-order valence-corrected chi connectivity index (χ2v) is 2.46. The van der Waals surface area contributed by atoms with Gasteiger partial charge in [-0.25, -0.2) is 13.8 Å². The maximum Gasteiger partial charge on any atom is 0.284 e. The first-order valence-corrected chi connectivity index (χ1v) is 3.32. The first kappa shape index (κ1) is 8.99. The van der Waals surface area contributed by atoms with Crippen molar-refractivity contribution in [2.45, 2.75) is 6.43 Å². The van der Waals surface area contributed by atoms with E-state index < -0.39 is 17.9 Å². The molecule has 1 aromatic rings. The van der Waals surface area contributed by atoms with Crippen LogP contribution in [0.1, 0.15) is 12.1 Å². The van der Waals surface area contributed by atoms with Crippen molar-refractivity contribution in [3.8, 4) is 5.75 Å². The Bertz CT molecular complexity index is 306. The predicted octanol–water partition coefficient (Wildman–Crippen LogP) is 1.96. The molecule has 0 aliphatic heterocycles. The van der Waals surface area contributed by atoms with Gasteiger partial charge in [-0.1, -0.05) is 11.6 Å². The zero-order chi connectivity index (χ0) is 9.30. The number of hydrogen-bond donors (Lipinski definition) is 2. The number of alkyl halides is 2. The summed E-state index contributed by atoms with van der Waals surface area (Å²) < 4.78 is 24.0. The second-order valence-electron chi connectivity index (χ2n) is 2.05. The monoisotopic (exact) mass is 194 g/mol. The fourth-order valence-electron chi connectivity index (χ4n) is 0.668. The Hall–Kier alpha value is -1.10. The van der Waals surface area contributed by atoms with Crippen LogP contribution in [0.2, 0.25) is 5.02 Å². The van der Waals surface area contributed by atoms with Gasteiger partial charge < -0.3 is 10.8 Å². The molecule has 0 saturated carbocycles. The van der Waals surface area contributed by atoms with Gasteiger partial charge in [0.05, 0.1) is 10.7 Å². The van der Waals surface area contributed by atoms with Gasteiger partial charge in [0, 0.05) is 6.20 Å². The van der Waals surface area contributed by atoms with Gasteiger partial charge in [0.1, 0.15) is 0 Å². The summed E-state index contributed by atoms with van der Waals surface area (Å²) in [6.45, 7) is 0. The zero-order valence-electron chi connectivity index (χ0n) is 5.76. The highest BCUT2D eigenvalue weighted by Gasteiger charge is 2.17. The molecule has 12 heavy (non-hydrogen) atoms. The molecule has 0 aliphatic rings. The summed E-state index contributed by atoms with van der Waals surface area (Å²) in [5, 5.41) is 8.95. The normalized spacial score (nSPS) is 10.7. The van der Waals surface area contributed by atoms with Gasteiger partial charge in [-0.15, -0.1) is 0 Å². The van der Waals surface area contributed by atoms with Gasteiger partial charge >= 0.3 is 0 Å². The van der Waals surface area contributed by atoms with Crippen LogP contribution in [0.4, 0.5) is 14.5 Å². The molecule has 1 heterocycles. The molecule has 0 spiro atoms. The van der Waals surface area contributed by atoms with Gasteiger partial charge in [0.15, 0.2) is 11.4 Å². The minimum Gasteiger partial charge on any atom is -0.504 e. The van der Waals surface area contributed by atoms with Crippen LogP contribution in [0.15, 0.2) is 6.20 Å². The molecular weight excluding hydrogens is 190 g/mol. The van der Waals surface area contributed by atoms with Crippen molar-refractivity contribution in [1.82, 2.24) is 4.98 Å². The van der Waals surface area contributed by atoms with E-state index in [-0.39, 0.29) is 10.7 Å². The Morgan fingerprint density at radius 3 is 2.67 bits per heavy atom. The van der Waals surface area contributed by atoms with E-state index in [4.69, 9.17) is 22.4 Å². The van der Waals surface area contributed by atoms with E-state index >= 15 is 0 Å². The third-order valence-corrected chi connectivity index (χ3v) is 1.58. The van der Waals surface area contributed by atoms with Crippen LogP contribution in [-0.4, -0.2) is 10.1 Å². The van der Waals surface area contributed by atoms with Crippen molar-refractivity contribution >= 4 is 17.3 Å². The number of anilines is 1. The maximum absolute atomic E-state index is 12.0.